The van der Waals surface area contributed by atoms with E-state index in [1.807, 2.05) is 6.92 Å². The molecule has 0 aromatic heterocycles. The molecule has 0 saturated carbocycles. The van der Waals surface area contributed by atoms with E-state index in [9.17, 15) is 4.79 Å². The van der Waals surface area contributed by atoms with E-state index < -0.39 is 12.1 Å². The van der Waals surface area contributed by atoms with Crippen LogP contribution in [0, 0.1) is 5.92 Å². The molecule has 0 bridgehead atoms. The molecule has 3 heteroatoms. The molecule has 2 unspecified atom stereocenters. The van der Waals surface area contributed by atoms with Gasteiger partial charge in [-0.25, -0.2) is 4.79 Å². The SMILES string of the molecule is CCCCCC(C)CC(O)C(=O)O. The Morgan fingerprint density at radius 3 is 2.46 bits per heavy atom. The molecule has 0 rings (SSSR count). The average molecular weight is 188 g/mol. The lowest BCUT2D eigenvalue weighted by atomic mass is 9.97. The highest BCUT2D eigenvalue weighted by atomic mass is 16.4. The van der Waals surface area contributed by atoms with Gasteiger partial charge in [0.1, 0.15) is 0 Å². The lowest BCUT2D eigenvalue weighted by Gasteiger charge is -2.12. The molecule has 0 fully saturated rings. The van der Waals surface area contributed by atoms with Crippen LogP contribution < -0.4 is 0 Å². The maximum absolute atomic E-state index is 10.3. The van der Waals surface area contributed by atoms with Crippen LogP contribution >= 0.6 is 0 Å². The Hall–Kier alpha value is -0.570. The monoisotopic (exact) mass is 188 g/mol. The quantitative estimate of drug-likeness (QED) is 0.601. The van der Waals surface area contributed by atoms with Crippen molar-refractivity contribution >= 4 is 5.97 Å². The molecular formula is C10H20O3. The van der Waals surface area contributed by atoms with Crippen LogP contribution in [0.25, 0.3) is 0 Å². The first kappa shape index (κ1) is 12.4. The number of carbonyl (C=O) groups is 1. The molecule has 0 aromatic rings. The van der Waals surface area contributed by atoms with Gasteiger partial charge in [0.15, 0.2) is 6.10 Å². The molecule has 0 saturated heterocycles. The van der Waals surface area contributed by atoms with Crippen LogP contribution in [0.2, 0.25) is 0 Å². The summed E-state index contributed by atoms with van der Waals surface area (Å²) in [4.78, 5) is 10.3. The highest BCUT2D eigenvalue weighted by molar-refractivity contribution is 5.71. The molecule has 0 amide bonds. The lowest BCUT2D eigenvalue weighted by Crippen LogP contribution is -2.22. The summed E-state index contributed by atoms with van der Waals surface area (Å²) >= 11 is 0. The first-order chi connectivity index (χ1) is 6.07. The maximum Gasteiger partial charge on any atom is 0.332 e. The summed E-state index contributed by atoms with van der Waals surface area (Å²) in [6.45, 7) is 4.12. The summed E-state index contributed by atoms with van der Waals surface area (Å²) < 4.78 is 0. The molecule has 0 spiro atoms. The third-order valence-electron chi connectivity index (χ3n) is 2.21. The lowest BCUT2D eigenvalue weighted by molar-refractivity contribution is -0.147. The van der Waals surface area contributed by atoms with E-state index in [-0.39, 0.29) is 0 Å². The molecule has 78 valence electrons. The minimum Gasteiger partial charge on any atom is -0.479 e. The minimum atomic E-state index is -1.18. The van der Waals surface area contributed by atoms with Crippen LogP contribution in [0.1, 0.15) is 46.0 Å². The highest BCUT2D eigenvalue weighted by Gasteiger charge is 2.16. The fourth-order valence-corrected chi connectivity index (χ4v) is 1.34. The normalized spacial score (nSPS) is 15.3. The van der Waals surface area contributed by atoms with Gasteiger partial charge in [-0.2, -0.15) is 0 Å². The second-order valence-corrected chi connectivity index (χ2v) is 3.69. The van der Waals surface area contributed by atoms with E-state index >= 15 is 0 Å². The first-order valence-corrected chi connectivity index (χ1v) is 4.98. The van der Waals surface area contributed by atoms with Crippen molar-refractivity contribution in [3.63, 3.8) is 0 Å². The molecule has 13 heavy (non-hydrogen) atoms. The predicted octanol–water partition coefficient (Wildman–Crippen LogP) is 2.04. The van der Waals surface area contributed by atoms with Crippen LogP contribution in [0.5, 0.6) is 0 Å². The summed E-state index contributed by atoms with van der Waals surface area (Å²) in [7, 11) is 0. The molecule has 3 nitrogen and oxygen atoms in total. The summed E-state index contributed by atoms with van der Waals surface area (Å²) in [5.41, 5.74) is 0. The molecule has 0 aliphatic heterocycles. The number of aliphatic hydroxyl groups is 1. The average Bonchev–Trinajstić information content (AvgIpc) is 2.04. The van der Waals surface area contributed by atoms with Gasteiger partial charge in [-0.05, 0) is 12.3 Å². The number of aliphatic hydroxyl groups excluding tert-OH is 1. The van der Waals surface area contributed by atoms with Crippen molar-refractivity contribution in [3.8, 4) is 0 Å². The summed E-state index contributed by atoms with van der Waals surface area (Å²) in [6, 6.07) is 0. The molecule has 0 radical (unpaired) electrons. The maximum atomic E-state index is 10.3. The zero-order valence-corrected chi connectivity index (χ0v) is 8.49. The van der Waals surface area contributed by atoms with Crippen LogP contribution in [0.15, 0.2) is 0 Å². The Kier molecular flexibility index (Phi) is 6.59. The zero-order valence-electron chi connectivity index (χ0n) is 8.49. The molecule has 0 aromatic carbocycles. The Balaban J connectivity index is 3.49. The van der Waals surface area contributed by atoms with Gasteiger partial charge in [-0.15, -0.1) is 0 Å². The van der Waals surface area contributed by atoms with Crippen LogP contribution in [-0.4, -0.2) is 22.3 Å². The van der Waals surface area contributed by atoms with E-state index in [0.717, 1.165) is 12.8 Å². The van der Waals surface area contributed by atoms with Gasteiger partial charge >= 0.3 is 5.97 Å². The standard InChI is InChI=1S/C10H20O3/c1-3-4-5-6-8(2)7-9(11)10(12)13/h8-9,11H,3-7H2,1-2H3,(H,12,13). The summed E-state index contributed by atoms with van der Waals surface area (Å²) in [6.07, 6.45) is 3.69. The fourth-order valence-electron chi connectivity index (χ4n) is 1.34. The second kappa shape index (κ2) is 6.89. The first-order valence-electron chi connectivity index (χ1n) is 4.98. The van der Waals surface area contributed by atoms with Gasteiger partial charge in [0, 0.05) is 0 Å². The van der Waals surface area contributed by atoms with Crippen molar-refractivity contribution in [2.24, 2.45) is 5.92 Å². The third kappa shape index (κ3) is 6.58. The fraction of sp³-hybridized carbons (Fsp3) is 0.900. The van der Waals surface area contributed by atoms with Crippen LogP contribution in [0.3, 0.4) is 0 Å². The van der Waals surface area contributed by atoms with E-state index in [4.69, 9.17) is 10.2 Å². The number of aliphatic carboxylic acids is 1. The minimum absolute atomic E-state index is 0.303. The summed E-state index contributed by atoms with van der Waals surface area (Å²) in [5, 5.41) is 17.5. The number of carboxylic acid groups (broad SMARTS) is 1. The van der Waals surface area contributed by atoms with E-state index in [2.05, 4.69) is 6.92 Å². The molecule has 0 aliphatic rings. The number of rotatable bonds is 7. The largest absolute Gasteiger partial charge is 0.479 e. The number of hydrogen-bond donors (Lipinski definition) is 2. The van der Waals surface area contributed by atoms with Crippen molar-refractivity contribution in [3.05, 3.63) is 0 Å². The molecular weight excluding hydrogens is 168 g/mol. The van der Waals surface area contributed by atoms with Crippen LogP contribution in [-0.2, 0) is 4.79 Å². The van der Waals surface area contributed by atoms with Gasteiger partial charge in [0.2, 0.25) is 0 Å². The van der Waals surface area contributed by atoms with E-state index in [1.54, 1.807) is 0 Å². The number of carboxylic acids is 1. The molecule has 0 aliphatic carbocycles. The third-order valence-corrected chi connectivity index (χ3v) is 2.21. The van der Waals surface area contributed by atoms with Gasteiger partial charge < -0.3 is 10.2 Å². The van der Waals surface area contributed by atoms with Crippen molar-refractivity contribution in [1.29, 1.82) is 0 Å². The Morgan fingerprint density at radius 2 is 2.00 bits per heavy atom. The second-order valence-electron chi connectivity index (χ2n) is 3.69. The Morgan fingerprint density at radius 1 is 1.38 bits per heavy atom. The van der Waals surface area contributed by atoms with Gasteiger partial charge in [0.25, 0.3) is 0 Å². The zero-order chi connectivity index (χ0) is 10.3. The number of unbranched alkanes of at least 4 members (excludes halogenated alkanes) is 2. The highest BCUT2D eigenvalue weighted by Crippen LogP contribution is 2.14. The van der Waals surface area contributed by atoms with Crippen molar-refractivity contribution in [1.82, 2.24) is 0 Å². The Bertz CT molecular complexity index is 145. The van der Waals surface area contributed by atoms with Crippen molar-refractivity contribution in [2.75, 3.05) is 0 Å². The number of hydrogen-bond acceptors (Lipinski definition) is 2. The molecule has 2 atom stereocenters. The van der Waals surface area contributed by atoms with Gasteiger partial charge in [-0.3, -0.25) is 0 Å². The topological polar surface area (TPSA) is 57.5 Å². The van der Waals surface area contributed by atoms with Crippen molar-refractivity contribution < 1.29 is 15.0 Å². The van der Waals surface area contributed by atoms with Gasteiger partial charge in [0.05, 0.1) is 0 Å². The predicted molar refractivity (Wildman–Crippen MR) is 51.6 cm³/mol. The van der Waals surface area contributed by atoms with E-state index in [0.29, 0.717) is 12.3 Å². The molecule has 2 N–H and O–H groups in total. The van der Waals surface area contributed by atoms with Crippen molar-refractivity contribution in [2.45, 2.75) is 52.1 Å². The summed E-state index contributed by atoms with van der Waals surface area (Å²) in [5.74, 6) is -0.806. The smallest absolute Gasteiger partial charge is 0.332 e. The van der Waals surface area contributed by atoms with Crippen LogP contribution in [0.4, 0.5) is 0 Å². The molecule has 0 heterocycles. The van der Waals surface area contributed by atoms with Gasteiger partial charge in [-0.1, -0.05) is 39.5 Å². The van der Waals surface area contributed by atoms with E-state index in [1.165, 1.54) is 12.8 Å². The Labute approximate surface area is 79.8 Å².